The highest BCUT2D eigenvalue weighted by Crippen LogP contribution is 2.12. The molecule has 1 amide bonds. The van der Waals surface area contributed by atoms with E-state index in [1.165, 1.54) is 0 Å². The minimum atomic E-state index is -0.0132. The van der Waals surface area contributed by atoms with Gasteiger partial charge in [0.05, 0.1) is 6.54 Å². The fourth-order valence-electron chi connectivity index (χ4n) is 1.96. The maximum Gasteiger partial charge on any atom is 0.238 e. The van der Waals surface area contributed by atoms with Crippen LogP contribution in [0.1, 0.15) is 12.0 Å². The predicted octanol–water partition coefficient (Wildman–Crippen LogP) is 0.927. The fraction of sp³-hybridized carbons (Fsp3) is 0.429. The first-order valence-corrected chi connectivity index (χ1v) is 6.48. The van der Waals surface area contributed by atoms with Gasteiger partial charge < -0.3 is 15.5 Å². The van der Waals surface area contributed by atoms with Crippen molar-refractivity contribution in [2.75, 3.05) is 39.0 Å². The second kappa shape index (κ2) is 6.33. The number of carbonyl (C=O) groups is 1. The lowest BCUT2D eigenvalue weighted by Crippen LogP contribution is -2.30. The van der Waals surface area contributed by atoms with Gasteiger partial charge in [0.1, 0.15) is 5.84 Å². The lowest BCUT2D eigenvalue weighted by Gasteiger charge is -2.16. The molecule has 1 aromatic carbocycles. The number of benzene rings is 1. The molecule has 5 heteroatoms. The number of likely N-dealkylation sites (N-methyl/N-ethyl adjacent to an activating group) is 1. The largest absolute Gasteiger partial charge is 0.370 e. The molecule has 0 aromatic heterocycles. The van der Waals surface area contributed by atoms with Crippen LogP contribution >= 0.6 is 0 Å². The number of amidine groups is 1. The first kappa shape index (κ1) is 13.5. The minimum absolute atomic E-state index is 0.0132. The van der Waals surface area contributed by atoms with Crippen molar-refractivity contribution in [2.24, 2.45) is 4.99 Å². The molecule has 19 heavy (non-hydrogen) atoms. The smallest absolute Gasteiger partial charge is 0.238 e. The van der Waals surface area contributed by atoms with Gasteiger partial charge in [-0.25, -0.2) is 0 Å². The topological polar surface area (TPSA) is 56.7 Å². The van der Waals surface area contributed by atoms with Gasteiger partial charge in [0.15, 0.2) is 0 Å². The van der Waals surface area contributed by atoms with E-state index in [2.05, 4.69) is 15.6 Å². The molecular weight excluding hydrogens is 240 g/mol. The van der Waals surface area contributed by atoms with Crippen LogP contribution in [0.2, 0.25) is 0 Å². The summed E-state index contributed by atoms with van der Waals surface area (Å²) >= 11 is 0. The Bertz CT molecular complexity index is 482. The third-order valence-electron chi connectivity index (χ3n) is 2.78. The highest BCUT2D eigenvalue weighted by Gasteiger charge is 2.09. The van der Waals surface area contributed by atoms with Crippen molar-refractivity contribution in [3.8, 4) is 0 Å². The first-order chi connectivity index (χ1) is 9.15. The fourth-order valence-corrected chi connectivity index (χ4v) is 1.96. The third kappa shape index (κ3) is 4.06. The molecule has 0 fully saturated rings. The molecule has 0 radical (unpaired) electrons. The molecule has 0 saturated carbocycles. The summed E-state index contributed by atoms with van der Waals surface area (Å²) < 4.78 is 0. The second-order valence-electron chi connectivity index (χ2n) is 4.88. The molecule has 5 nitrogen and oxygen atoms in total. The minimum Gasteiger partial charge on any atom is -0.370 e. The number of rotatable bonds is 4. The molecule has 1 aliphatic heterocycles. The number of hydrogen-bond acceptors (Lipinski definition) is 4. The van der Waals surface area contributed by atoms with Crippen molar-refractivity contribution in [1.82, 2.24) is 10.2 Å². The third-order valence-corrected chi connectivity index (χ3v) is 2.78. The Labute approximate surface area is 113 Å². The van der Waals surface area contributed by atoms with Crippen LogP contribution in [-0.2, 0) is 4.79 Å². The van der Waals surface area contributed by atoms with Gasteiger partial charge in [0.2, 0.25) is 5.91 Å². The normalized spacial score (nSPS) is 14.8. The molecule has 102 valence electrons. The highest BCUT2D eigenvalue weighted by atomic mass is 16.2. The maximum atomic E-state index is 11.7. The van der Waals surface area contributed by atoms with Gasteiger partial charge in [-0.2, -0.15) is 0 Å². The molecular formula is C14H20N4O. The molecule has 1 aromatic rings. The summed E-state index contributed by atoms with van der Waals surface area (Å²) in [6.07, 6.45) is 1.07. The Morgan fingerprint density at radius 3 is 3.00 bits per heavy atom. The molecule has 1 aliphatic rings. The van der Waals surface area contributed by atoms with Gasteiger partial charge >= 0.3 is 0 Å². The van der Waals surface area contributed by atoms with Crippen molar-refractivity contribution < 1.29 is 4.79 Å². The number of amides is 1. The SMILES string of the molecule is CN(C)CC(=O)Nc1cccc(C2=NCCCN2)c1. The van der Waals surface area contributed by atoms with Crippen LogP contribution in [0.25, 0.3) is 0 Å². The van der Waals surface area contributed by atoms with Crippen LogP contribution in [0.3, 0.4) is 0 Å². The van der Waals surface area contributed by atoms with E-state index >= 15 is 0 Å². The molecule has 0 spiro atoms. The van der Waals surface area contributed by atoms with Crippen LogP contribution in [0.15, 0.2) is 29.3 Å². The van der Waals surface area contributed by atoms with Crippen molar-refractivity contribution in [3.63, 3.8) is 0 Å². The van der Waals surface area contributed by atoms with Gasteiger partial charge in [0.25, 0.3) is 0 Å². The number of nitrogens with one attached hydrogen (secondary N) is 2. The Morgan fingerprint density at radius 1 is 1.47 bits per heavy atom. The summed E-state index contributed by atoms with van der Waals surface area (Å²) in [5.41, 5.74) is 1.82. The Hall–Kier alpha value is -1.88. The lowest BCUT2D eigenvalue weighted by molar-refractivity contribution is -0.116. The summed E-state index contributed by atoms with van der Waals surface area (Å²) in [6.45, 7) is 2.19. The quantitative estimate of drug-likeness (QED) is 0.846. The second-order valence-corrected chi connectivity index (χ2v) is 4.88. The standard InChI is InChI=1S/C14H20N4O/c1-18(2)10-13(19)17-12-6-3-5-11(9-12)14-15-7-4-8-16-14/h3,5-6,9H,4,7-8,10H2,1-2H3,(H,15,16)(H,17,19). The van der Waals surface area contributed by atoms with Crippen molar-refractivity contribution in [3.05, 3.63) is 29.8 Å². The van der Waals surface area contributed by atoms with E-state index in [4.69, 9.17) is 0 Å². The molecule has 0 saturated heterocycles. The van der Waals surface area contributed by atoms with Gasteiger partial charge in [-0.15, -0.1) is 0 Å². The van der Waals surface area contributed by atoms with E-state index in [9.17, 15) is 4.79 Å². The summed E-state index contributed by atoms with van der Waals surface area (Å²) in [5.74, 6) is 0.899. The monoisotopic (exact) mass is 260 g/mol. The zero-order valence-electron chi connectivity index (χ0n) is 11.4. The van der Waals surface area contributed by atoms with Crippen molar-refractivity contribution >= 4 is 17.4 Å². The van der Waals surface area contributed by atoms with Crippen LogP contribution < -0.4 is 10.6 Å². The molecule has 1 heterocycles. The zero-order chi connectivity index (χ0) is 13.7. The molecule has 2 N–H and O–H groups in total. The molecule has 2 rings (SSSR count). The number of carbonyl (C=O) groups excluding carboxylic acids is 1. The van der Waals surface area contributed by atoms with Gasteiger partial charge in [-0.05, 0) is 32.6 Å². The van der Waals surface area contributed by atoms with E-state index in [1.807, 2.05) is 43.3 Å². The van der Waals surface area contributed by atoms with E-state index < -0.39 is 0 Å². The molecule has 0 aliphatic carbocycles. The van der Waals surface area contributed by atoms with Gasteiger partial charge in [0, 0.05) is 24.3 Å². The van der Waals surface area contributed by atoms with Crippen LogP contribution in [0, 0.1) is 0 Å². The summed E-state index contributed by atoms with van der Waals surface area (Å²) in [4.78, 5) is 18.0. The van der Waals surface area contributed by atoms with E-state index in [0.29, 0.717) is 6.54 Å². The average molecular weight is 260 g/mol. The molecule has 0 unspecified atom stereocenters. The average Bonchev–Trinajstić information content (AvgIpc) is 2.39. The van der Waals surface area contributed by atoms with Gasteiger partial charge in [-0.1, -0.05) is 12.1 Å². The number of hydrogen-bond donors (Lipinski definition) is 2. The molecule has 0 atom stereocenters. The highest BCUT2D eigenvalue weighted by molar-refractivity contribution is 6.01. The van der Waals surface area contributed by atoms with E-state index in [1.54, 1.807) is 0 Å². The maximum absolute atomic E-state index is 11.7. The van der Waals surface area contributed by atoms with Crippen LogP contribution in [0.5, 0.6) is 0 Å². The van der Waals surface area contributed by atoms with Crippen molar-refractivity contribution in [2.45, 2.75) is 6.42 Å². The summed E-state index contributed by atoms with van der Waals surface area (Å²) in [7, 11) is 3.74. The van der Waals surface area contributed by atoms with Crippen molar-refractivity contribution in [1.29, 1.82) is 0 Å². The Balaban J connectivity index is 2.06. The van der Waals surface area contributed by atoms with E-state index in [0.717, 1.165) is 36.6 Å². The number of aliphatic imine (C=N–C) groups is 1. The summed E-state index contributed by atoms with van der Waals surface area (Å²) in [5, 5.41) is 6.17. The lowest BCUT2D eigenvalue weighted by atomic mass is 10.1. The van der Waals surface area contributed by atoms with Crippen LogP contribution in [0.4, 0.5) is 5.69 Å². The summed E-state index contributed by atoms with van der Waals surface area (Å²) in [6, 6.07) is 7.77. The zero-order valence-corrected chi connectivity index (χ0v) is 11.4. The Kier molecular flexibility index (Phi) is 4.52. The number of nitrogens with zero attached hydrogens (tertiary/aromatic N) is 2. The van der Waals surface area contributed by atoms with E-state index in [-0.39, 0.29) is 5.91 Å². The first-order valence-electron chi connectivity index (χ1n) is 6.48. The number of anilines is 1. The Morgan fingerprint density at radius 2 is 2.32 bits per heavy atom. The molecule has 0 bridgehead atoms. The predicted molar refractivity (Wildman–Crippen MR) is 77.6 cm³/mol. The van der Waals surface area contributed by atoms with Gasteiger partial charge in [-0.3, -0.25) is 9.79 Å². The van der Waals surface area contributed by atoms with Crippen LogP contribution in [-0.4, -0.2) is 50.4 Å².